The number of hydrogen-bond acceptors (Lipinski definition) is 2. The summed E-state index contributed by atoms with van der Waals surface area (Å²) in [6.07, 6.45) is 0. The molecule has 1 aromatic rings. The summed E-state index contributed by atoms with van der Waals surface area (Å²) in [7, 11) is 0. The van der Waals surface area contributed by atoms with Gasteiger partial charge in [-0.25, -0.2) is 0 Å². The van der Waals surface area contributed by atoms with E-state index in [0.29, 0.717) is 5.56 Å². The third kappa shape index (κ3) is 2.77. The monoisotopic (exact) mass is 204 g/mol. The van der Waals surface area contributed by atoms with Crippen molar-refractivity contribution in [3.8, 4) is 0 Å². The summed E-state index contributed by atoms with van der Waals surface area (Å²) in [5.74, 6) is -0.355. The molecule has 0 aromatic heterocycles. The minimum Gasteiger partial charge on any atom is -0.396 e. The summed E-state index contributed by atoms with van der Waals surface area (Å²) >= 11 is 0. The van der Waals surface area contributed by atoms with Gasteiger partial charge < -0.3 is 5.11 Å². The van der Waals surface area contributed by atoms with Crippen LogP contribution in [0, 0.1) is 5.92 Å². The van der Waals surface area contributed by atoms with E-state index in [9.17, 15) is 4.79 Å². The van der Waals surface area contributed by atoms with E-state index in [1.165, 1.54) is 0 Å². The second-order valence-electron chi connectivity index (χ2n) is 3.81. The fraction of sp³-hybridized carbons (Fsp3) is 0.308. The van der Waals surface area contributed by atoms with Crippen molar-refractivity contribution in [2.45, 2.75) is 13.8 Å². The van der Waals surface area contributed by atoms with E-state index < -0.39 is 0 Å². The lowest BCUT2D eigenvalue weighted by atomic mass is 9.98. The average molecular weight is 204 g/mol. The van der Waals surface area contributed by atoms with E-state index >= 15 is 0 Å². The molecule has 2 nitrogen and oxygen atoms in total. The molecule has 2 heteroatoms. The SMILES string of the molecule is C=C(C)c1ccc(C(=O)C(C)CO)cc1. The van der Waals surface area contributed by atoms with Crippen LogP contribution in [0.1, 0.15) is 29.8 Å². The van der Waals surface area contributed by atoms with E-state index in [-0.39, 0.29) is 18.3 Å². The van der Waals surface area contributed by atoms with Crippen molar-refractivity contribution < 1.29 is 9.90 Å². The Labute approximate surface area is 90.3 Å². The zero-order valence-electron chi connectivity index (χ0n) is 9.16. The van der Waals surface area contributed by atoms with Crippen molar-refractivity contribution >= 4 is 11.4 Å². The molecule has 15 heavy (non-hydrogen) atoms. The minimum atomic E-state index is -0.333. The van der Waals surface area contributed by atoms with Crippen molar-refractivity contribution in [1.29, 1.82) is 0 Å². The number of hydrogen-bond donors (Lipinski definition) is 1. The molecule has 1 N–H and O–H groups in total. The molecule has 1 rings (SSSR count). The van der Waals surface area contributed by atoms with Crippen LogP contribution in [0.4, 0.5) is 0 Å². The number of allylic oxidation sites excluding steroid dienone is 1. The summed E-state index contributed by atoms with van der Waals surface area (Å²) in [6.45, 7) is 7.36. The third-order valence-electron chi connectivity index (χ3n) is 2.38. The summed E-state index contributed by atoms with van der Waals surface area (Å²) in [5, 5.41) is 8.87. The van der Waals surface area contributed by atoms with Gasteiger partial charge in [0, 0.05) is 11.5 Å². The molecule has 1 unspecified atom stereocenters. The summed E-state index contributed by atoms with van der Waals surface area (Å²) in [6, 6.07) is 7.30. The smallest absolute Gasteiger partial charge is 0.167 e. The van der Waals surface area contributed by atoms with Gasteiger partial charge in [0.05, 0.1) is 6.61 Å². The van der Waals surface area contributed by atoms with Crippen molar-refractivity contribution in [2.75, 3.05) is 6.61 Å². The highest BCUT2D eigenvalue weighted by molar-refractivity contribution is 5.97. The Morgan fingerprint density at radius 1 is 1.33 bits per heavy atom. The molecule has 0 saturated heterocycles. The van der Waals surface area contributed by atoms with Gasteiger partial charge in [0.25, 0.3) is 0 Å². The standard InChI is InChI=1S/C13H16O2/c1-9(2)11-4-6-12(7-5-11)13(15)10(3)8-14/h4-7,10,14H,1,8H2,2-3H3. The molecular weight excluding hydrogens is 188 g/mol. The highest BCUT2D eigenvalue weighted by Gasteiger charge is 2.13. The Morgan fingerprint density at radius 2 is 1.80 bits per heavy atom. The van der Waals surface area contributed by atoms with E-state index in [4.69, 9.17) is 5.11 Å². The molecule has 0 amide bonds. The Hall–Kier alpha value is -1.41. The molecule has 0 heterocycles. The Balaban J connectivity index is 2.89. The quantitative estimate of drug-likeness (QED) is 0.765. The van der Waals surface area contributed by atoms with Crippen LogP contribution >= 0.6 is 0 Å². The molecular formula is C13H16O2. The molecule has 0 bridgehead atoms. The highest BCUT2D eigenvalue weighted by atomic mass is 16.3. The second-order valence-corrected chi connectivity index (χ2v) is 3.81. The number of aliphatic hydroxyl groups is 1. The number of benzene rings is 1. The minimum absolute atomic E-state index is 0.0224. The first kappa shape index (κ1) is 11.7. The number of rotatable bonds is 4. The first-order valence-corrected chi connectivity index (χ1v) is 4.97. The van der Waals surface area contributed by atoms with Crippen LogP contribution in [0.15, 0.2) is 30.8 Å². The van der Waals surface area contributed by atoms with Gasteiger partial charge in [0.1, 0.15) is 0 Å². The predicted octanol–water partition coefficient (Wildman–Crippen LogP) is 2.53. The van der Waals surface area contributed by atoms with Crippen LogP contribution in [0.3, 0.4) is 0 Å². The zero-order valence-corrected chi connectivity index (χ0v) is 9.16. The molecule has 1 atom stereocenters. The molecule has 1 aromatic carbocycles. The molecule has 80 valence electrons. The number of aliphatic hydroxyl groups excluding tert-OH is 1. The van der Waals surface area contributed by atoms with E-state index in [1.807, 2.05) is 19.1 Å². The number of Topliss-reactive ketones (excluding diaryl/α,β-unsaturated/α-hetero) is 1. The Bertz CT molecular complexity index is 363. The zero-order chi connectivity index (χ0) is 11.4. The van der Waals surface area contributed by atoms with Crippen LogP contribution < -0.4 is 0 Å². The van der Waals surface area contributed by atoms with Crippen LogP contribution in [-0.4, -0.2) is 17.5 Å². The molecule has 0 saturated carbocycles. The summed E-state index contributed by atoms with van der Waals surface area (Å²) in [4.78, 5) is 11.7. The van der Waals surface area contributed by atoms with Gasteiger partial charge in [-0.05, 0) is 12.5 Å². The van der Waals surface area contributed by atoms with Gasteiger partial charge in [-0.1, -0.05) is 43.3 Å². The fourth-order valence-electron chi connectivity index (χ4n) is 1.29. The van der Waals surface area contributed by atoms with E-state index in [2.05, 4.69) is 6.58 Å². The Morgan fingerprint density at radius 3 is 2.20 bits per heavy atom. The maximum atomic E-state index is 11.7. The van der Waals surface area contributed by atoms with Crippen LogP contribution in [0.2, 0.25) is 0 Å². The van der Waals surface area contributed by atoms with Gasteiger partial charge in [-0.3, -0.25) is 4.79 Å². The van der Waals surface area contributed by atoms with Gasteiger partial charge in [0.2, 0.25) is 0 Å². The van der Waals surface area contributed by atoms with E-state index in [1.54, 1.807) is 19.1 Å². The normalized spacial score (nSPS) is 12.2. The first-order chi connectivity index (χ1) is 7.06. The van der Waals surface area contributed by atoms with Crippen LogP contribution in [0.5, 0.6) is 0 Å². The van der Waals surface area contributed by atoms with Gasteiger partial charge in [-0.2, -0.15) is 0 Å². The largest absolute Gasteiger partial charge is 0.396 e. The molecule has 0 aliphatic carbocycles. The first-order valence-electron chi connectivity index (χ1n) is 4.97. The Kier molecular flexibility index (Phi) is 3.81. The van der Waals surface area contributed by atoms with Crippen molar-refractivity contribution in [3.63, 3.8) is 0 Å². The molecule has 0 aliphatic rings. The lowest BCUT2D eigenvalue weighted by Crippen LogP contribution is -2.14. The maximum Gasteiger partial charge on any atom is 0.167 e. The maximum absolute atomic E-state index is 11.7. The van der Waals surface area contributed by atoms with Gasteiger partial charge in [0.15, 0.2) is 5.78 Å². The highest BCUT2D eigenvalue weighted by Crippen LogP contribution is 2.14. The second kappa shape index (κ2) is 4.89. The number of carbonyl (C=O) groups is 1. The summed E-state index contributed by atoms with van der Waals surface area (Å²) < 4.78 is 0. The van der Waals surface area contributed by atoms with Crippen molar-refractivity contribution in [1.82, 2.24) is 0 Å². The van der Waals surface area contributed by atoms with Gasteiger partial charge >= 0.3 is 0 Å². The molecule has 0 radical (unpaired) electrons. The van der Waals surface area contributed by atoms with Crippen LogP contribution in [-0.2, 0) is 0 Å². The molecule has 0 aliphatic heterocycles. The lowest BCUT2D eigenvalue weighted by molar-refractivity contribution is 0.0877. The fourth-order valence-corrected chi connectivity index (χ4v) is 1.29. The predicted molar refractivity (Wildman–Crippen MR) is 61.7 cm³/mol. The van der Waals surface area contributed by atoms with E-state index in [0.717, 1.165) is 11.1 Å². The third-order valence-corrected chi connectivity index (χ3v) is 2.38. The van der Waals surface area contributed by atoms with Crippen molar-refractivity contribution in [2.24, 2.45) is 5.92 Å². The molecule has 0 spiro atoms. The number of carbonyl (C=O) groups excluding carboxylic acids is 1. The van der Waals surface area contributed by atoms with Crippen LogP contribution in [0.25, 0.3) is 5.57 Å². The lowest BCUT2D eigenvalue weighted by Gasteiger charge is -2.07. The topological polar surface area (TPSA) is 37.3 Å². The summed E-state index contributed by atoms with van der Waals surface area (Å²) in [5.41, 5.74) is 2.65. The van der Waals surface area contributed by atoms with Gasteiger partial charge in [-0.15, -0.1) is 0 Å². The number of ketones is 1. The molecule has 0 fully saturated rings. The average Bonchev–Trinajstić information content (AvgIpc) is 2.27. The van der Waals surface area contributed by atoms with Crippen molar-refractivity contribution in [3.05, 3.63) is 42.0 Å².